The summed E-state index contributed by atoms with van der Waals surface area (Å²) in [4.78, 5) is 24.4. The molecule has 0 spiro atoms. The number of amides is 2. The van der Waals surface area contributed by atoms with Gasteiger partial charge in [0.1, 0.15) is 17.6 Å². The maximum Gasteiger partial charge on any atom is 0.414 e. The number of hydrogen-bond acceptors (Lipinski definition) is 8. The van der Waals surface area contributed by atoms with E-state index in [1.807, 2.05) is 0 Å². The number of aromatic nitrogens is 1. The summed E-state index contributed by atoms with van der Waals surface area (Å²) in [7, 11) is -7.38. The van der Waals surface area contributed by atoms with Crippen LogP contribution in [0.3, 0.4) is 0 Å². The molecule has 0 radical (unpaired) electrons. The maximum atomic E-state index is 15.0. The summed E-state index contributed by atoms with van der Waals surface area (Å²) >= 11 is 0. The summed E-state index contributed by atoms with van der Waals surface area (Å²) in [5.74, 6) is -0.998. The molecule has 1 unspecified atom stereocenters. The van der Waals surface area contributed by atoms with E-state index >= 15 is 4.39 Å². The number of ether oxygens (including phenoxy) is 1. The van der Waals surface area contributed by atoms with Crippen LogP contribution in [0, 0.1) is 19.7 Å². The highest BCUT2D eigenvalue weighted by molar-refractivity contribution is 8.03. The van der Waals surface area contributed by atoms with E-state index in [1.54, 1.807) is 6.07 Å². The van der Waals surface area contributed by atoms with E-state index in [1.165, 1.54) is 43.9 Å². The molecule has 14 heteroatoms. The summed E-state index contributed by atoms with van der Waals surface area (Å²) in [6.45, 7) is 4.56. The number of carbonyl (C=O) groups excluding carboxylic acids is 2. The van der Waals surface area contributed by atoms with Crippen molar-refractivity contribution in [2.24, 2.45) is 3.77 Å². The molecule has 0 aliphatic carbocycles. The molecule has 1 saturated heterocycles. The van der Waals surface area contributed by atoms with Crippen LogP contribution in [-0.2, 0) is 29.3 Å². The Morgan fingerprint density at radius 3 is 2.69 bits per heavy atom. The van der Waals surface area contributed by atoms with E-state index in [9.17, 15) is 22.2 Å². The van der Waals surface area contributed by atoms with Gasteiger partial charge in [0.25, 0.3) is 10.0 Å². The third-order valence-electron chi connectivity index (χ3n) is 5.80. The van der Waals surface area contributed by atoms with Crippen LogP contribution in [0.5, 0.6) is 0 Å². The Labute approximate surface area is 207 Å². The summed E-state index contributed by atoms with van der Waals surface area (Å²) in [6, 6.07) is 4.28. The number of allylic oxidation sites excluding steroid dienone is 1. The number of aryl methyl sites for hydroxylation is 2. The number of hydrogen-bond donors (Lipinski definition) is 1. The Hall–Kier alpha value is -3.26. The minimum Gasteiger partial charge on any atom is -0.442 e. The van der Waals surface area contributed by atoms with E-state index in [-0.39, 0.29) is 58.8 Å². The second-order valence-corrected chi connectivity index (χ2v) is 12.8. The summed E-state index contributed by atoms with van der Waals surface area (Å²) in [5.41, 5.74) is 1.26. The number of cyclic esters (lactones) is 1. The van der Waals surface area contributed by atoms with Gasteiger partial charge in [0.15, 0.2) is 10.7 Å². The Kier molecular flexibility index (Phi) is 6.92. The zero-order chi connectivity index (χ0) is 26.3. The first-order valence-electron chi connectivity index (χ1n) is 11.0. The largest absolute Gasteiger partial charge is 0.442 e. The van der Waals surface area contributed by atoms with Gasteiger partial charge < -0.3 is 14.6 Å². The number of nitrogens with one attached hydrogen (secondary N) is 1. The highest BCUT2D eigenvalue weighted by atomic mass is 32.3. The molecular formula is C22H25FN4O7S2. The highest BCUT2D eigenvalue weighted by Gasteiger charge is 2.33. The molecule has 2 aromatic rings. The summed E-state index contributed by atoms with van der Waals surface area (Å²) in [5, 5.41) is 6.19. The van der Waals surface area contributed by atoms with Gasteiger partial charge in [-0.2, -0.15) is 8.42 Å². The first-order valence-corrected chi connectivity index (χ1v) is 14.3. The quantitative estimate of drug-likeness (QED) is 0.588. The van der Waals surface area contributed by atoms with Crippen LogP contribution in [0.1, 0.15) is 30.4 Å². The Morgan fingerprint density at radius 1 is 1.36 bits per heavy atom. The number of nitrogens with zero attached hydrogens (tertiary/aromatic N) is 3. The van der Waals surface area contributed by atoms with Crippen molar-refractivity contribution in [1.29, 1.82) is 0 Å². The van der Waals surface area contributed by atoms with E-state index in [2.05, 4.69) is 14.2 Å². The molecule has 1 fully saturated rings. The zero-order valence-corrected chi connectivity index (χ0v) is 21.4. The fraction of sp³-hybridized carbons (Fsp3) is 0.409. The lowest BCUT2D eigenvalue weighted by atomic mass is 10.0. The second-order valence-electron chi connectivity index (χ2n) is 8.54. The molecule has 1 aromatic heterocycles. The predicted molar refractivity (Wildman–Crippen MR) is 129 cm³/mol. The van der Waals surface area contributed by atoms with Crippen molar-refractivity contribution in [3.63, 3.8) is 0 Å². The standard InChI is InChI=1S/C22H25FN4O7S2/c1-13-21(14(2)34-25-13)36(31,32)26-35(30)8-6-16(7-9-35)19-5-4-17(10-20(19)23)27-12-18(33-22(27)29)11-24-15(3)28/h4-6,10,18H,7-9,11-12H2,1-3H3,(H,24,28)/t18-,35?/m0/s1. The molecule has 4 rings (SSSR count). The Morgan fingerprint density at radius 2 is 2.11 bits per heavy atom. The van der Waals surface area contributed by atoms with Gasteiger partial charge in [-0.25, -0.2) is 13.4 Å². The smallest absolute Gasteiger partial charge is 0.414 e. The minimum absolute atomic E-state index is 0.0636. The summed E-state index contributed by atoms with van der Waals surface area (Å²) < 4.78 is 67.4. The number of sulfonamides is 1. The molecule has 2 aliphatic rings. The predicted octanol–water partition coefficient (Wildman–Crippen LogP) is 2.54. The number of halogens is 1. The van der Waals surface area contributed by atoms with Crippen LogP contribution >= 0.6 is 0 Å². The van der Waals surface area contributed by atoms with Crippen molar-refractivity contribution in [2.45, 2.75) is 38.2 Å². The molecule has 3 heterocycles. The number of benzene rings is 1. The topological polar surface area (TPSA) is 148 Å². The highest BCUT2D eigenvalue weighted by Crippen LogP contribution is 2.31. The fourth-order valence-corrected chi connectivity index (χ4v) is 8.33. The zero-order valence-electron chi connectivity index (χ0n) is 19.8. The third kappa shape index (κ3) is 5.28. The maximum absolute atomic E-state index is 15.0. The lowest BCUT2D eigenvalue weighted by molar-refractivity contribution is -0.119. The van der Waals surface area contributed by atoms with Crippen LogP contribution < -0.4 is 10.2 Å². The first-order chi connectivity index (χ1) is 16.9. The number of anilines is 1. The molecule has 11 nitrogen and oxygen atoms in total. The molecule has 194 valence electrons. The first kappa shape index (κ1) is 25.8. The van der Waals surface area contributed by atoms with Gasteiger partial charge >= 0.3 is 6.09 Å². The van der Waals surface area contributed by atoms with Gasteiger partial charge in [-0.05, 0) is 44.0 Å². The molecule has 36 heavy (non-hydrogen) atoms. The van der Waals surface area contributed by atoms with Crippen LogP contribution in [0.4, 0.5) is 14.9 Å². The average Bonchev–Trinajstić information content (AvgIpc) is 3.34. The monoisotopic (exact) mass is 540 g/mol. The van der Waals surface area contributed by atoms with Crippen LogP contribution in [0.15, 0.2) is 37.5 Å². The summed E-state index contributed by atoms with van der Waals surface area (Å²) in [6.07, 6.45) is 0.489. The molecule has 1 N–H and O–H groups in total. The Balaban J connectivity index is 1.51. The lowest BCUT2D eigenvalue weighted by Crippen LogP contribution is -2.33. The van der Waals surface area contributed by atoms with Crippen molar-refractivity contribution in [3.05, 3.63) is 47.1 Å². The van der Waals surface area contributed by atoms with E-state index in [0.717, 1.165) is 0 Å². The van der Waals surface area contributed by atoms with Crippen molar-refractivity contribution in [1.82, 2.24) is 10.5 Å². The molecule has 1 aromatic carbocycles. The Bertz CT molecular complexity index is 1470. The van der Waals surface area contributed by atoms with Gasteiger partial charge in [-0.1, -0.05) is 11.2 Å². The fourth-order valence-electron chi connectivity index (χ4n) is 4.09. The van der Waals surface area contributed by atoms with Gasteiger partial charge in [-0.3, -0.25) is 9.69 Å². The van der Waals surface area contributed by atoms with Gasteiger partial charge in [0.2, 0.25) is 5.91 Å². The van der Waals surface area contributed by atoms with Gasteiger partial charge in [0, 0.05) is 18.2 Å². The molecule has 0 saturated carbocycles. The lowest BCUT2D eigenvalue weighted by Gasteiger charge is -2.19. The van der Waals surface area contributed by atoms with E-state index in [0.29, 0.717) is 11.3 Å². The molecule has 2 amide bonds. The third-order valence-corrected chi connectivity index (χ3v) is 10.3. The molecular weight excluding hydrogens is 515 g/mol. The van der Waals surface area contributed by atoms with E-state index in [4.69, 9.17) is 9.26 Å². The number of carbonyl (C=O) groups is 2. The van der Waals surface area contributed by atoms with E-state index < -0.39 is 37.8 Å². The van der Waals surface area contributed by atoms with Crippen molar-refractivity contribution in [2.75, 3.05) is 29.5 Å². The second kappa shape index (κ2) is 9.65. The molecule has 0 bridgehead atoms. The molecule has 2 atom stereocenters. The van der Waals surface area contributed by atoms with Crippen molar-refractivity contribution < 1.29 is 35.9 Å². The normalized spacial score (nSPS) is 22.2. The minimum atomic E-state index is -4.24. The molecule has 2 aliphatic heterocycles. The van der Waals surface area contributed by atoms with Crippen LogP contribution in [-0.4, -0.2) is 60.5 Å². The van der Waals surface area contributed by atoms with Crippen LogP contribution in [0.2, 0.25) is 0 Å². The van der Waals surface area contributed by atoms with Crippen molar-refractivity contribution in [3.8, 4) is 0 Å². The van der Waals surface area contributed by atoms with Crippen molar-refractivity contribution >= 4 is 43.0 Å². The number of rotatable bonds is 6. The SMILES string of the molecule is CC(=O)NC[C@H]1CN(c2ccc(C3=CCS(=O)(=NS(=O)(=O)c4c(C)noc4C)CC3)c(F)c2)C(=O)O1. The average molecular weight is 541 g/mol. The van der Waals surface area contributed by atoms with Crippen LogP contribution in [0.25, 0.3) is 5.57 Å². The van der Waals surface area contributed by atoms with Gasteiger partial charge in [0.05, 0.1) is 34.3 Å². The van der Waals surface area contributed by atoms with Gasteiger partial charge in [-0.15, -0.1) is 3.77 Å².